The van der Waals surface area contributed by atoms with Crippen LogP contribution in [-0.2, 0) is 6.42 Å². The van der Waals surface area contributed by atoms with Gasteiger partial charge in [0.25, 0.3) is 0 Å². The van der Waals surface area contributed by atoms with Crippen LogP contribution in [0, 0.1) is 5.92 Å². The predicted octanol–water partition coefficient (Wildman–Crippen LogP) is 2.55. The Morgan fingerprint density at radius 3 is 2.69 bits per heavy atom. The van der Waals surface area contributed by atoms with Gasteiger partial charge in [-0.3, -0.25) is 0 Å². The van der Waals surface area contributed by atoms with Crippen molar-refractivity contribution < 1.29 is 0 Å². The van der Waals surface area contributed by atoms with Gasteiger partial charge in [0.15, 0.2) is 0 Å². The second-order valence-corrected chi connectivity index (χ2v) is 4.82. The first kappa shape index (κ1) is 11.1. The summed E-state index contributed by atoms with van der Waals surface area (Å²) in [7, 11) is 0. The lowest BCUT2D eigenvalue weighted by molar-refractivity contribution is 0.618. The van der Waals surface area contributed by atoms with Crippen LogP contribution < -0.4 is 5.73 Å². The van der Waals surface area contributed by atoms with E-state index < -0.39 is 0 Å². The summed E-state index contributed by atoms with van der Waals surface area (Å²) in [6.07, 6.45) is 5.02. The molecule has 2 heterocycles. The number of fused-ring (bicyclic) bond motifs is 1. The molecule has 2 aromatic heterocycles. The number of imidazole rings is 1. The highest BCUT2D eigenvalue weighted by Gasteiger charge is 2.07. The number of rotatable bonds is 3. The fourth-order valence-electron chi connectivity index (χ4n) is 1.85. The highest BCUT2D eigenvalue weighted by atomic mass is 15.0. The maximum absolute atomic E-state index is 5.89. The Labute approximate surface area is 96.3 Å². The Kier molecular flexibility index (Phi) is 2.97. The third-order valence-corrected chi connectivity index (χ3v) is 2.74. The summed E-state index contributed by atoms with van der Waals surface area (Å²) in [5.41, 5.74) is 8.18. The van der Waals surface area contributed by atoms with Crippen LogP contribution >= 0.6 is 0 Å². The van der Waals surface area contributed by atoms with Gasteiger partial charge in [-0.1, -0.05) is 19.9 Å². The molecule has 0 saturated heterocycles. The lowest BCUT2D eigenvalue weighted by Gasteiger charge is -2.08. The molecule has 0 aliphatic rings. The van der Waals surface area contributed by atoms with E-state index in [1.165, 1.54) is 0 Å². The predicted molar refractivity (Wildman–Crippen MR) is 66.3 cm³/mol. The number of hydrogen-bond acceptors (Lipinski definition) is 2. The quantitative estimate of drug-likeness (QED) is 0.858. The van der Waals surface area contributed by atoms with Crippen molar-refractivity contribution in [3.8, 4) is 0 Å². The summed E-state index contributed by atoms with van der Waals surface area (Å²) in [5.74, 6) is 1.73. The minimum absolute atomic E-state index is 0.0682. The van der Waals surface area contributed by atoms with Crippen LogP contribution in [0.1, 0.15) is 38.2 Å². The molecule has 0 aromatic carbocycles. The molecule has 1 unspecified atom stereocenters. The van der Waals surface area contributed by atoms with Gasteiger partial charge in [-0.2, -0.15) is 0 Å². The Bertz CT molecular complexity index is 483. The van der Waals surface area contributed by atoms with Crippen LogP contribution in [0.2, 0.25) is 0 Å². The van der Waals surface area contributed by atoms with Crippen molar-refractivity contribution in [2.24, 2.45) is 11.7 Å². The van der Waals surface area contributed by atoms with Crippen LogP contribution in [0.3, 0.4) is 0 Å². The van der Waals surface area contributed by atoms with E-state index in [0.717, 1.165) is 23.3 Å². The molecule has 2 aromatic rings. The van der Waals surface area contributed by atoms with Crippen molar-refractivity contribution in [2.75, 3.05) is 0 Å². The average molecular weight is 217 g/mol. The molecule has 16 heavy (non-hydrogen) atoms. The van der Waals surface area contributed by atoms with Gasteiger partial charge in [0.1, 0.15) is 5.82 Å². The molecule has 3 heteroatoms. The Morgan fingerprint density at radius 1 is 1.31 bits per heavy atom. The summed E-state index contributed by atoms with van der Waals surface area (Å²) in [6.45, 7) is 6.41. The summed E-state index contributed by atoms with van der Waals surface area (Å²) in [6, 6.07) is 4.22. The van der Waals surface area contributed by atoms with Gasteiger partial charge >= 0.3 is 0 Å². The second kappa shape index (κ2) is 4.26. The van der Waals surface area contributed by atoms with Crippen LogP contribution in [0.5, 0.6) is 0 Å². The zero-order valence-electron chi connectivity index (χ0n) is 10.1. The molecule has 3 nitrogen and oxygen atoms in total. The zero-order chi connectivity index (χ0) is 11.7. The first-order valence-corrected chi connectivity index (χ1v) is 5.79. The van der Waals surface area contributed by atoms with Crippen molar-refractivity contribution in [3.05, 3.63) is 35.9 Å². The van der Waals surface area contributed by atoms with E-state index in [1.807, 2.05) is 13.1 Å². The van der Waals surface area contributed by atoms with Gasteiger partial charge in [0.2, 0.25) is 0 Å². The van der Waals surface area contributed by atoms with Gasteiger partial charge in [0.05, 0.1) is 11.7 Å². The van der Waals surface area contributed by atoms with Crippen molar-refractivity contribution in [3.63, 3.8) is 0 Å². The van der Waals surface area contributed by atoms with Crippen LogP contribution in [-0.4, -0.2) is 9.38 Å². The lowest BCUT2D eigenvalue weighted by atomic mass is 10.1. The number of nitrogens with zero attached hydrogens (tertiary/aromatic N) is 2. The Morgan fingerprint density at radius 2 is 2.06 bits per heavy atom. The standard InChI is InChI=1S/C13H19N3/c1-9(2)6-13-15-7-12-5-4-11(10(3)14)8-16(12)13/h4-5,7-10H,6,14H2,1-3H3. The second-order valence-electron chi connectivity index (χ2n) is 4.82. The highest BCUT2D eigenvalue weighted by Crippen LogP contribution is 2.15. The molecule has 2 rings (SSSR count). The smallest absolute Gasteiger partial charge is 0.113 e. The first-order chi connectivity index (χ1) is 7.58. The van der Waals surface area contributed by atoms with E-state index in [9.17, 15) is 0 Å². The SMILES string of the molecule is CC(C)Cc1ncc2ccc(C(C)N)cn12. The Balaban J connectivity index is 2.47. The van der Waals surface area contributed by atoms with Crippen molar-refractivity contribution in [2.45, 2.75) is 33.2 Å². The molecule has 0 spiro atoms. The number of hydrogen-bond donors (Lipinski definition) is 1. The molecular weight excluding hydrogens is 198 g/mol. The van der Waals surface area contributed by atoms with Crippen LogP contribution in [0.4, 0.5) is 0 Å². The summed E-state index contributed by atoms with van der Waals surface area (Å²) in [5, 5.41) is 0. The molecule has 0 saturated carbocycles. The Hall–Kier alpha value is -1.35. The molecule has 0 amide bonds. The van der Waals surface area contributed by atoms with E-state index in [0.29, 0.717) is 5.92 Å². The molecule has 2 N–H and O–H groups in total. The molecule has 86 valence electrons. The topological polar surface area (TPSA) is 43.3 Å². The van der Waals surface area contributed by atoms with E-state index in [2.05, 4.69) is 41.6 Å². The molecule has 0 fully saturated rings. The molecule has 0 aliphatic heterocycles. The van der Waals surface area contributed by atoms with E-state index in [1.54, 1.807) is 0 Å². The fourth-order valence-corrected chi connectivity index (χ4v) is 1.85. The van der Waals surface area contributed by atoms with E-state index in [4.69, 9.17) is 5.73 Å². The minimum atomic E-state index is 0.0682. The summed E-state index contributed by atoms with van der Waals surface area (Å²) < 4.78 is 2.15. The zero-order valence-corrected chi connectivity index (χ0v) is 10.1. The maximum Gasteiger partial charge on any atom is 0.113 e. The molecule has 1 atom stereocenters. The van der Waals surface area contributed by atoms with Crippen molar-refractivity contribution >= 4 is 5.52 Å². The summed E-state index contributed by atoms with van der Waals surface area (Å²) >= 11 is 0. The molecule has 0 radical (unpaired) electrons. The number of nitrogens with two attached hydrogens (primary N) is 1. The minimum Gasteiger partial charge on any atom is -0.324 e. The van der Waals surface area contributed by atoms with Gasteiger partial charge in [0, 0.05) is 18.7 Å². The molecular formula is C13H19N3. The first-order valence-electron chi connectivity index (χ1n) is 5.79. The van der Waals surface area contributed by atoms with E-state index >= 15 is 0 Å². The summed E-state index contributed by atoms with van der Waals surface area (Å²) in [4.78, 5) is 4.46. The molecule has 0 bridgehead atoms. The normalized spacial score (nSPS) is 13.6. The highest BCUT2D eigenvalue weighted by molar-refractivity contribution is 5.47. The molecule has 0 aliphatic carbocycles. The average Bonchev–Trinajstić information content (AvgIpc) is 2.60. The fraction of sp³-hybridized carbons (Fsp3) is 0.462. The monoisotopic (exact) mass is 217 g/mol. The van der Waals surface area contributed by atoms with Gasteiger partial charge in [-0.15, -0.1) is 0 Å². The van der Waals surface area contributed by atoms with Gasteiger partial charge in [-0.25, -0.2) is 4.98 Å². The van der Waals surface area contributed by atoms with Gasteiger partial charge in [-0.05, 0) is 24.5 Å². The van der Waals surface area contributed by atoms with Crippen molar-refractivity contribution in [1.82, 2.24) is 9.38 Å². The van der Waals surface area contributed by atoms with Crippen LogP contribution in [0.25, 0.3) is 5.52 Å². The van der Waals surface area contributed by atoms with E-state index in [-0.39, 0.29) is 6.04 Å². The number of pyridine rings is 1. The van der Waals surface area contributed by atoms with Crippen molar-refractivity contribution in [1.29, 1.82) is 0 Å². The largest absolute Gasteiger partial charge is 0.324 e. The maximum atomic E-state index is 5.89. The third kappa shape index (κ3) is 2.09. The van der Waals surface area contributed by atoms with Crippen LogP contribution in [0.15, 0.2) is 24.5 Å². The third-order valence-electron chi connectivity index (χ3n) is 2.74. The lowest BCUT2D eigenvalue weighted by Crippen LogP contribution is -2.07. The van der Waals surface area contributed by atoms with Gasteiger partial charge < -0.3 is 10.1 Å². The number of aromatic nitrogens is 2.